The molecule has 1 aromatic heterocycles. The van der Waals surface area contributed by atoms with E-state index in [1.165, 1.54) is 17.3 Å². The lowest BCUT2D eigenvalue weighted by atomic mass is 10.1. The number of ether oxygens (including phenoxy) is 1. The Hall–Kier alpha value is -1.37. The molecular weight excluding hydrogens is 340 g/mol. The molecule has 1 aromatic carbocycles. The Kier molecular flexibility index (Phi) is 5.58. The minimum absolute atomic E-state index is 0.107. The van der Waals surface area contributed by atoms with Crippen LogP contribution >= 0.6 is 23.1 Å². The van der Waals surface area contributed by atoms with Crippen LogP contribution < -0.4 is 0 Å². The highest BCUT2D eigenvalue weighted by Gasteiger charge is 2.25. The molecule has 4 nitrogen and oxygen atoms in total. The lowest BCUT2D eigenvalue weighted by Gasteiger charge is -2.35. The van der Waals surface area contributed by atoms with Crippen LogP contribution in [0.4, 0.5) is 0 Å². The number of benzene rings is 1. The van der Waals surface area contributed by atoms with Crippen LogP contribution in [0.1, 0.15) is 19.4 Å². The molecule has 1 amide bonds. The molecule has 1 aliphatic heterocycles. The number of thioether (sulfide) groups is 1. The molecule has 1 fully saturated rings. The van der Waals surface area contributed by atoms with Crippen LogP contribution in [0.25, 0.3) is 11.3 Å². The first-order chi connectivity index (χ1) is 11.5. The third kappa shape index (κ3) is 4.37. The van der Waals surface area contributed by atoms with Crippen LogP contribution in [-0.4, -0.2) is 46.8 Å². The number of nitrogens with zero attached hydrogens (tertiary/aromatic N) is 2. The normalized spacial score (nSPS) is 21.0. The third-order valence-corrected chi connectivity index (χ3v) is 5.93. The molecule has 0 aliphatic carbocycles. The van der Waals surface area contributed by atoms with Gasteiger partial charge in [-0.3, -0.25) is 4.79 Å². The van der Waals surface area contributed by atoms with Gasteiger partial charge < -0.3 is 9.64 Å². The first kappa shape index (κ1) is 17.5. The maximum absolute atomic E-state index is 12.4. The van der Waals surface area contributed by atoms with Gasteiger partial charge in [-0.2, -0.15) is 0 Å². The van der Waals surface area contributed by atoms with Gasteiger partial charge in [-0.1, -0.05) is 41.6 Å². The van der Waals surface area contributed by atoms with Crippen LogP contribution in [0.15, 0.2) is 34.0 Å². The van der Waals surface area contributed by atoms with Gasteiger partial charge in [0.25, 0.3) is 0 Å². The monoisotopic (exact) mass is 362 g/mol. The first-order valence-corrected chi connectivity index (χ1v) is 9.96. The van der Waals surface area contributed by atoms with Gasteiger partial charge >= 0.3 is 0 Å². The Labute approximate surface area is 151 Å². The lowest BCUT2D eigenvalue weighted by molar-refractivity contribution is -0.140. The summed E-state index contributed by atoms with van der Waals surface area (Å²) in [6.07, 6.45) is 0.214. The fraction of sp³-hybridized carbons (Fsp3) is 0.444. The van der Waals surface area contributed by atoms with E-state index in [-0.39, 0.29) is 18.1 Å². The number of hydrogen-bond acceptors (Lipinski definition) is 5. The summed E-state index contributed by atoms with van der Waals surface area (Å²) in [5.74, 6) is 0.592. The van der Waals surface area contributed by atoms with Crippen molar-refractivity contribution in [2.24, 2.45) is 0 Å². The molecule has 0 radical (unpaired) electrons. The fourth-order valence-electron chi connectivity index (χ4n) is 2.78. The van der Waals surface area contributed by atoms with E-state index in [1.54, 1.807) is 11.3 Å². The van der Waals surface area contributed by atoms with Gasteiger partial charge in [-0.15, -0.1) is 11.3 Å². The van der Waals surface area contributed by atoms with Gasteiger partial charge in [0.05, 0.1) is 23.7 Å². The summed E-state index contributed by atoms with van der Waals surface area (Å²) in [6.45, 7) is 7.45. The Balaban J connectivity index is 1.57. The largest absolute Gasteiger partial charge is 0.372 e. The highest BCUT2D eigenvalue weighted by Crippen LogP contribution is 2.28. The SMILES string of the molecule is Cc1ccc(-c2csc(SCC(=O)N3CC(C)OC(C)C3)n2)cc1. The number of carbonyl (C=O) groups is 1. The van der Waals surface area contributed by atoms with E-state index >= 15 is 0 Å². The minimum Gasteiger partial charge on any atom is -0.372 e. The van der Waals surface area contributed by atoms with Crippen LogP contribution in [0.5, 0.6) is 0 Å². The number of thiazole rings is 1. The number of morpholine rings is 1. The second kappa shape index (κ2) is 7.68. The molecule has 1 saturated heterocycles. The van der Waals surface area contributed by atoms with Crippen molar-refractivity contribution in [3.8, 4) is 11.3 Å². The summed E-state index contributed by atoms with van der Waals surface area (Å²) in [7, 11) is 0. The predicted octanol–water partition coefficient (Wildman–Crippen LogP) is 3.85. The first-order valence-electron chi connectivity index (χ1n) is 8.10. The second-order valence-corrected chi connectivity index (χ2v) is 8.29. The summed E-state index contributed by atoms with van der Waals surface area (Å²) in [4.78, 5) is 18.9. The van der Waals surface area contributed by atoms with Crippen LogP contribution in [0, 0.1) is 6.92 Å². The standard InChI is InChI=1S/C18H22N2O2S2/c1-12-4-6-15(7-5-12)16-10-23-18(19-16)24-11-17(21)20-8-13(2)22-14(3)9-20/h4-7,10,13-14H,8-9,11H2,1-3H3. The Morgan fingerprint density at radius 1 is 1.29 bits per heavy atom. The Bertz CT molecular complexity index is 689. The maximum Gasteiger partial charge on any atom is 0.233 e. The van der Waals surface area contributed by atoms with Gasteiger partial charge in [0.2, 0.25) is 5.91 Å². The van der Waals surface area contributed by atoms with E-state index in [2.05, 4.69) is 41.6 Å². The molecule has 2 aromatic rings. The van der Waals surface area contributed by atoms with Crippen LogP contribution in [0.3, 0.4) is 0 Å². The minimum atomic E-state index is 0.107. The van der Waals surface area contributed by atoms with Gasteiger partial charge in [-0.05, 0) is 20.8 Å². The number of aryl methyl sites for hydroxylation is 1. The molecule has 128 valence electrons. The van der Waals surface area contributed by atoms with E-state index in [4.69, 9.17) is 4.74 Å². The van der Waals surface area contributed by atoms with E-state index in [1.807, 2.05) is 18.7 Å². The summed E-state index contributed by atoms with van der Waals surface area (Å²) < 4.78 is 6.62. The number of rotatable bonds is 4. The van der Waals surface area contributed by atoms with Gasteiger partial charge in [0.1, 0.15) is 0 Å². The molecule has 1 aliphatic rings. The van der Waals surface area contributed by atoms with Gasteiger partial charge in [0, 0.05) is 24.0 Å². The molecule has 6 heteroatoms. The van der Waals surface area contributed by atoms with Gasteiger partial charge in [0.15, 0.2) is 4.34 Å². The zero-order valence-electron chi connectivity index (χ0n) is 14.2. The van der Waals surface area contributed by atoms with Crippen molar-refractivity contribution < 1.29 is 9.53 Å². The van der Waals surface area contributed by atoms with Crippen molar-refractivity contribution in [2.75, 3.05) is 18.8 Å². The molecule has 3 rings (SSSR count). The average molecular weight is 363 g/mol. The van der Waals surface area contributed by atoms with E-state index in [0.717, 1.165) is 15.6 Å². The summed E-state index contributed by atoms with van der Waals surface area (Å²) in [5, 5.41) is 2.05. The zero-order chi connectivity index (χ0) is 17.1. The molecule has 2 unspecified atom stereocenters. The number of aromatic nitrogens is 1. The molecule has 24 heavy (non-hydrogen) atoms. The van der Waals surface area contributed by atoms with Crippen molar-refractivity contribution in [2.45, 2.75) is 37.3 Å². The van der Waals surface area contributed by atoms with Crippen LogP contribution in [0.2, 0.25) is 0 Å². The van der Waals surface area contributed by atoms with Crippen LogP contribution in [-0.2, 0) is 9.53 Å². The molecule has 2 heterocycles. The lowest BCUT2D eigenvalue weighted by Crippen LogP contribution is -2.48. The van der Waals surface area contributed by atoms with Crippen molar-refractivity contribution >= 4 is 29.0 Å². The quantitative estimate of drug-likeness (QED) is 0.775. The smallest absolute Gasteiger partial charge is 0.233 e. The summed E-state index contributed by atoms with van der Waals surface area (Å²) in [5.41, 5.74) is 3.33. The molecule has 2 atom stereocenters. The number of amides is 1. The topological polar surface area (TPSA) is 42.4 Å². The van der Waals surface area contributed by atoms with Crippen molar-refractivity contribution in [3.05, 3.63) is 35.2 Å². The second-order valence-electron chi connectivity index (χ2n) is 6.21. The van der Waals surface area contributed by atoms with Crippen molar-refractivity contribution in [3.63, 3.8) is 0 Å². The van der Waals surface area contributed by atoms with E-state index < -0.39 is 0 Å². The highest BCUT2D eigenvalue weighted by molar-refractivity contribution is 8.01. The molecule has 0 saturated carbocycles. The molecule has 0 bridgehead atoms. The zero-order valence-corrected chi connectivity index (χ0v) is 15.8. The van der Waals surface area contributed by atoms with Crippen molar-refractivity contribution in [1.29, 1.82) is 0 Å². The Morgan fingerprint density at radius 3 is 2.62 bits per heavy atom. The summed E-state index contributed by atoms with van der Waals surface area (Å²) >= 11 is 3.11. The molecular formula is C18H22N2O2S2. The van der Waals surface area contributed by atoms with Gasteiger partial charge in [-0.25, -0.2) is 4.98 Å². The average Bonchev–Trinajstić information content (AvgIpc) is 3.01. The molecule has 0 N–H and O–H groups in total. The number of carbonyl (C=O) groups excluding carboxylic acids is 1. The van der Waals surface area contributed by atoms with Crippen molar-refractivity contribution in [1.82, 2.24) is 9.88 Å². The highest BCUT2D eigenvalue weighted by atomic mass is 32.2. The third-order valence-electron chi connectivity index (χ3n) is 3.92. The van der Waals surface area contributed by atoms with E-state index in [9.17, 15) is 4.79 Å². The molecule has 0 spiro atoms. The van der Waals surface area contributed by atoms with E-state index in [0.29, 0.717) is 18.8 Å². The summed E-state index contributed by atoms with van der Waals surface area (Å²) in [6, 6.07) is 8.35. The number of hydrogen-bond donors (Lipinski definition) is 0. The maximum atomic E-state index is 12.4. The Morgan fingerprint density at radius 2 is 1.96 bits per heavy atom. The fourth-order valence-corrected chi connectivity index (χ4v) is 4.51. The predicted molar refractivity (Wildman–Crippen MR) is 99.6 cm³/mol.